The number of thiophene rings is 1. The van der Waals surface area contributed by atoms with Gasteiger partial charge in [-0.25, -0.2) is 0 Å². The summed E-state index contributed by atoms with van der Waals surface area (Å²) in [6, 6.07) is 3.67. The van der Waals surface area contributed by atoms with Crippen molar-refractivity contribution in [2.45, 2.75) is 18.9 Å². The fraction of sp³-hybridized carbons (Fsp3) is 0.571. The smallest absolute Gasteiger partial charge is 0.263 e. The highest BCUT2D eigenvalue weighted by Gasteiger charge is 2.39. The second-order valence-electron chi connectivity index (χ2n) is 5.44. The summed E-state index contributed by atoms with van der Waals surface area (Å²) >= 11 is 1.43. The molecular formula is C14H18N2O3S. The van der Waals surface area contributed by atoms with Crippen LogP contribution in [0.2, 0.25) is 0 Å². The molecule has 108 valence electrons. The van der Waals surface area contributed by atoms with Crippen LogP contribution in [0.4, 0.5) is 0 Å². The van der Waals surface area contributed by atoms with Gasteiger partial charge in [-0.2, -0.15) is 0 Å². The molecule has 3 rings (SSSR count). The van der Waals surface area contributed by atoms with E-state index < -0.39 is 0 Å². The van der Waals surface area contributed by atoms with Crippen LogP contribution in [0.1, 0.15) is 22.5 Å². The van der Waals surface area contributed by atoms with Crippen molar-refractivity contribution in [1.29, 1.82) is 0 Å². The first-order valence-electron chi connectivity index (χ1n) is 6.95. The number of carbonyl (C=O) groups excluding carboxylic acids is 2. The first-order valence-corrected chi connectivity index (χ1v) is 7.83. The monoisotopic (exact) mass is 294 g/mol. The standard InChI is InChI=1S/C14H18N2O3S/c17-11-3-5-15(6-4-11)13(18)10-8-16(9-10)14(19)12-2-1-7-20-12/h1-2,7,10-11,17H,3-6,8-9H2. The molecule has 0 aliphatic carbocycles. The first-order chi connectivity index (χ1) is 9.65. The molecule has 6 heteroatoms. The summed E-state index contributed by atoms with van der Waals surface area (Å²) in [5, 5.41) is 11.3. The number of rotatable bonds is 2. The lowest BCUT2D eigenvalue weighted by Crippen LogP contribution is -2.57. The van der Waals surface area contributed by atoms with E-state index in [9.17, 15) is 14.7 Å². The highest BCUT2D eigenvalue weighted by atomic mass is 32.1. The van der Waals surface area contributed by atoms with Gasteiger partial charge in [0, 0.05) is 26.2 Å². The molecule has 0 atom stereocenters. The lowest BCUT2D eigenvalue weighted by molar-refractivity contribution is -0.141. The van der Waals surface area contributed by atoms with Gasteiger partial charge in [0.2, 0.25) is 5.91 Å². The van der Waals surface area contributed by atoms with Gasteiger partial charge < -0.3 is 14.9 Å². The number of aliphatic hydroxyl groups is 1. The van der Waals surface area contributed by atoms with E-state index in [2.05, 4.69) is 0 Å². The maximum atomic E-state index is 12.3. The van der Waals surface area contributed by atoms with E-state index in [1.54, 1.807) is 4.90 Å². The normalized spacial score (nSPS) is 20.9. The second-order valence-corrected chi connectivity index (χ2v) is 6.39. The molecule has 20 heavy (non-hydrogen) atoms. The molecule has 3 heterocycles. The van der Waals surface area contributed by atoms with Crippen molar-refractivity contribution in [1.82, 2.24) is 9.80 Å². The fourth-order valence-electron chi connectivity index (χ4n) is 2.70. The van der Waals surface area contributed by atoms with Gasteiger partial charge in [-0.05, 0) is 24.3 Å². The molecule has 1 aromatic rings. The second kappa shape index (κ2) is 5.54. The molecule has 0 unspecified atom stereocenters. The summed E-state index contributed by atoms with van der Waals surface area (Å²) in [7, 11) is 0. The summed E-state index contributed by atoms with van der Waals surface area (Å²) in [5.74, 6) is 0.0967. The van der Waals surface area contributed by atoms with Crippen LogP contribution in [0.5, 0.6) is 0 Å². The average Bonchev–Trinajstić information content (AvgIpc) is 2.91. The molecule has 0 aromatic carbocycles. The highest BCUT2D eigenvalue weighted by Crippen LogP contribution is 2.24. The van der Waals surface area contributed by atoms with E-state index in [1.807, 2.05) is 22.4 Å². The van der Waals surface area contributed by atoms with Crippen molar-refractivity contribution in [2.75, 3.05) is 26.2 Å². The Balaban J connectivity index is 1.50. The summed E-state index contributed by atoms with van der Waals surface area (Å²) in [6.45, 7) is 2.31. The number of hydrogen-bond donors (Lipinski definition) is 1. The third-order valence-electron chi connectivity index (χ3n) is 4.03. The predicted molar refractivity (Wildman–Crippen MR) is 75.5 cm³/mol. The number of amides is 2. The Morgan fingerprint density at radius 1 is 1.20 bits per heavy atom. The Hall–Kier alpha value is -1.40. The maximum absolute atomic E-state index is 12.3. The number of aliphatic hydroxyl groups excluding tert-OH is 1. The van der Waals surface area contributed by atoms with Crippen LogP contribution in [0.25, 0.3) is 0 Å². The molecule has 5 nitrogen and oxygen atoms in total. The topological polar surface area (TPSA) is 60.9 Å². The molecule has 2 aliphatic rings. The van der Waals surface area contributed by atoms with Crippen LogP contribution in [0.3, 0.4) is 0 Å². The Labute approximate surface area is 121 Å². The number of nitrogens with zero attached hydrogens (tertiary/aromatic N) is 2. The van der Waals surface area contributed by atoms with Crippen LogP contribution in [-0.2, 0) is 4.79 Å². The van der Waals surface area contributed by atoms with Crippen LogP contribution in [-0.4, -0.2) is 59.0 Å². The molecule has 2 fully saturated rings. The minimum Gasteiger partial charge on any atom is -0.393 e. The Kier molecular flexibility index (Phi) is 3.76. The zero-order valence-electron chi connectivity index (χ0n) is 11.2. The Morgan fingerprint density at radius 2 is 1.90 bits per heavy atom. The zero-order valence-corrected chi connectivity index (χ0v) is 12.0. The van der Waals surface area contributed by atoms with Crippen LogP contribution < -0.4 is 0 Å². The van der Waals surface area contributed by atoms with Crippen molar-refractivity contribution in [3.63, 3.8) is 0 Å². The molecule has 0 radical (unpaired) electrons. The zero-order chi connectivity index (χ0) is 14.1. The van der Waals surface area contributed by atoms with E-state index in [-0.39, 0.29) is 23.8 Å². The van der Waals surface area contributed by atoms with Gasteiger partial charge in [-0.1, -0.05) is 6.07 Å². The molecule has 0 saturated carbocycles. The quantitative estimate of drug-likeness (QED) is 0.878. The maximum Gasteiger partial charge on any atom is 0.263 e. The summed E-state index contributed by atoms with van der Waals surface area (Å²) in [6.07, 6.45) is 1.06. The third kappa shape index (κ3) is 2.58. The van der Waals surface area contributed by atoms with Crippen molar-refractivity contribution < 1.29 is 14.7 Å². The minimum atomic E-state index is -0.266. The molecule has 2 amide bonds. The van der Waals surface area contributed by atoms with Crippen LogP contribution in [0.15, 0.2) is 17.5 Å². The van der Waals surface area contributed by atoms with Gasteiger partial charge >= 0.3 is 0 Å². The summed E-state index contributed by atoms with van der Waals surface area (Å²) in [4.78, 5) is 28.6. The molecule has 1 N–H and O–H groups in total. The molecule has 2 saturated heterocycles. The highest BCUT2D eigenvalue weighted by molar-refractivity contribution is 7.12. The molecule has 2 aliphatic heterocycles. The van der Waals surface area contributed by atoms with Crippen molar-refractivity contribution in [3.05, 3.63) is 22.4 Å². The van der Waals surface area contributed by atoms with Gasteiger partial charge in [0.15, 0.2) is 0 Å². The number of likely N-dealkylation sites (tertiary alicyclic amines) is 2. The third-order valence-corrected chi connectivity index (χ3v) is 4.88. The van der Waals surface area contributed by atoms with E-state index in [4.69, 9.17) is 0 Å². The van der Waals surface area contributed by atoms with E-state index in [0.29, 0.717) is 39.0 Å². The SMILES string of the molecule is O=C(c1cccs1)N1CC(C(=O)N2CCC(O)CC2)C1. The van der Waals surface area contributed by atoms with E-state index in [0.717, 1.165) is 4.88 Å². The number of piperidine rings is 1. The van der Waals surface area contributed by atoms with Gasteiger partial charge in [0.05, 0.1) is 16.9 Å². The van der Waals surface area contributed by atoms with Gasteiger partial charge in [0.1, 0.15) is 0 Å². The Morgan fingerprint density at radius 3 is 2.50 bits per heavy atom. The molecule has 1 aromatic heterocycles. The van der Waals surface area contributed by atoms with Gasteiger partial charge in [-0.15, -0.1) is 11.3 Å². The first kappa shape index (κ1) is 13.6. The van der Waals surface area contributed by atoms with Gasteiger partial charge in [0.25, 0.3) is 5.91 Å². The predicted octanol–water partition coefficient (Wildman–Crippen LogP) is 0.803. The molecule has 0 bridgehead atoms. The lowest BCUT2D eigenvalue weighted by Gasteiger charge is -2.41. The van der Waals surface area contributed by atoms with Crippen LogP contribution in [0, 0.1) is 5.92 Å². The fourth-order valence-corrected chi connectivity index (χ4v) is 3.39. The van der Waals surface area contributed by atoms with Crippen molar-refractivity contribution in [2.24, 2.45) is 5.92 Å². The number of hydrogen-bond acceptors (Lipinski definition) is 4. The summed E-state index contributed by atoms with van der Waals surface area (Å²) < 4.78 is 0. The van der Waals surface area contributed by atoms with Crippen LogP contribution >= 0.6 is 11.3 Å². The van der Waals surface area contributed by atoms with Crippen molar-refractivity contribution >= 4 is 23.2 Å². The average molecular weight is 294 g/mol. The molecule has 0 spiro atoms. The van der Waals surface area contributed by atoms with E-state index in [1.165, 1.54) is 11.3 Å². The van der Waals surface area contributed by atoms with E-state index >= 15 is 0 Å². The summed E-state index contributed by atoms with van der Waals surface area (Å²) in [5.41, 5.74) is 0. The Bertz CT molecular complexity index is 489. The minimum absolute atomic E-state index is 0.0260. The molecular weight excluding hydrogens is 276 g/mol. The largest absolute Gasteiger partial charge is 0.393 e. The lowest BCUT2D eigenvalue weighted by atomic mass is 9.96. The van der Waals surface area contributed by atoms with Crippen molar-refractivity contribution in [3.8, 4) is 0 Å². The number of carbonyl (C=O) groups is 2. The van der Waals surface area contributed by atoms with Gasteiger partial charge in [-0.3, -0.25) is 9.59 Å².